The second-order valence-electron chi connectivity index (χ2n) is 6.67. The van der Waals surface area contributed by atoms with Gasteiger partial charge in [-0.15, -0.1) is 0 Å². The predicted octanol–water partition coefficient (Wildman–Crippen LogP) is 3.42. The third-order valence-corrected chi connectivity index (χ3v) is 4.19. The van der Waals surface area contributed by atoms with Gasteiger partial charge in [0, 0.05) is 17.9 Å². The van der Waals surface area contributed by atoms with E-state index in [0.29, 0.717) is 5.92 Å². The molecular formula is C15H27N3O. The van der Waals surface area contributed by atoms with Crippen LogP contribution in [0.2, 0.25) is 0 Å². The lowest BCUT2D eigenvalue weighted by Crippen LogP contribution is -2.32. The van der Waals surface area contributed by atoms with Crippen LogP contribution in [0.3, 0.4) is 0 Å². The molecule has 0 radical (unpaired) electrons. The molecule has 0 amide bonds. The quantitative estimate of drug-likeness (QED) is 0.886. The summed E-state index contributed by atoms with van der Waals surface area (Å²) >= 11 is 0. The lowest BCUT2D eigenvalue weighted by Gasteiger charge is -2.26. The molecule has 0 spiro atoms. The van der Waals surface area contributed by atoms with Crippen LogP contribution in [-0.2, 0) is 6.42 Å². The van der Waals surface area contributed by atoms with Crippen molar-refractivity contribution < 1.29 is 4.52 Å². The van der Waals surface area contributed by atoms with Gasteiger partial charge in [-0.1, -0.05) is 31.3 Å². The number of aromatic nitrogens is 2. The predicted molar refractivity (Wildman–Crippen MR) is 75.9 cm³/mol. The Morgan fingerprint density at radius 2 is 2.16 bits per heavy atom. The van der Waals surface area contributed by atoms with Gasteiger partial charge in [0.1, 0.15) is 0 Å². The highest BCUT2D eigenvalue weighted by Crippen LogP contribution is 2.36. The van der Waals surface area contributed by atoms with Gasteiger partial charge in [-0.05, 0) is 39.0 Å². The fraction of sp³-hybridized carbons (Fsp3) is 0.867. The van der Waals surface area contributed by atoms with Gasteiger partial charge in [0.05, 0.1) is 0 Å². The van der Waals surface area contributed by atoms with Gasteiger partial charge in [0.15, 0.2) is 5.82 Å². The summed E-state index contributed by atoms with van der Waals surface area (Å²) in [6, 6.07) is 0. The molecule has 108 valence electrons. The van der Waals surface area contributed by atoms with Gasteiger partial charge in [0.2, 0.25) is 5.89 Å². The van der Waals surface area contributed by atoms with Crippen LogP contribution in [0.25, 0.3) is 0 Å². The topological polar surface area (TPSA) is 64.9 Å². The highest BCUT2D eigenvalue weighted by molar-refractivity contribution is 4.98. The van der Waals surface area contributed by atoms with Crippen molar-refractivity contribution in [2.45, 2.75) is 77.2 Å². The van der Waals surface area contributed by atoms with Gasteiger partial charge in [-0.2, -0.15) is 4.98 Å². The van der Waals surface area contributed by atoms with Crippen LogP contribution in [0.5, 0.6) is 0 Å². The van der Waals surface area contributed by atoms with E-state index in [1.54, 1.807) is 0 Å². The van der Waals surface area contributed by atoms with E-state index in [1.807, 2.05) is 13.8 Å². The fourth-order valence-corrected chi connectivity index (χ4v) is 2.86. The molecule has 1 aromatic heterocycles. The smallest absolute Gasteiger partial charge is 0.226 e. The molecule has 1 aliphatic rings. The molecule has 1 aromatic rings. The molecule has 1 aliphatic carbocycles. The number of rotatable bonds is 5. The van der Waals surface area contributed by atoms with Crippen molar-refractivity contribution in [3.05, 3.63) is 11.7 Å². The zero-order valence-electron chi connectivity index (χ0n) is 12.5. The van der Waals surface area contributed by atoms with Crippen LogP contribution in [0.1, 0.15) is 76.9 Å². The monoisotopic (exact) mass is 265 g/mol. The number of hydrogen-bond donors (Lipinski definition) is 1. The van der Waals surface area contributed by atoms with E-state index < -0.39 is 0 Å². The van der Waals surface area contributed by atoms with E-state index in [-0.39, 0.29) is 5.54 Å². The molecule has 1 saturated carbocycles. The number of nitrogens with two attached hydrogens (primary N) is 1. The summed E-state index contributed by atoms with van der Waals surface area (Å²) in [6.45, 7) is 6.33. The third kappa shape index (κ3) is 4.30. The molecule has 0 bridgehead atoms. The van der Waals surface area contributed by atoms with E-state index >= 15 is 0 Å². The van der Waals surface area contributed by atoms with Crippen LogP contribution in [0.15, 0.2) is 4.52 Å². The molecule has 4 heteroatoms. The summed E-state index contributed by atoms with van der Waals surface area (Å²) in [4.78, 5) is 4.57. The Kier molecular flexibility index (Phi) is 4.61. The van der Waals surface area contributed by atoms with Crippen molar-refractivity contribution in [1.82, 2.24) is 10.1 Å². The SMILES string of the molecule is CCC1CCCC(c2noc(CCC(C)(C)N)n2)C1. The summed E-state index contributed by atoms with van der Waals surface area (Å²) in [5.41, 5.74) is 5.81. The first kappa shape index (κ1) is 14.5. The summed E-state index contributed by atoms with van der Waals surface area (Å²) < 4.78 is 5.37. The molecular weight excluding hydrogens is 238 g/mol. The van der Waals surface area contributed by atoms with Crippen molar-refractivity contribution in [2.24, 2.45) is 11.7 Å². The molecule has 2 rings (SSSR count). The largest absolute Gasteiger partial charge is 0.339 e. The maximum Gasteiger partial charge on any atom is 0.226 e. The highest BCUT2D eigenvalue weighted by atomic mass is 16.5. The summed E-state index contributed by atoms with van der Waals surface area (Å²) in [5, 5.41) is 4.18. The van der Waals surface area contributed by atoms with Crippen LogP contribution in [0.4, 0.5) is 0 Å². The Morgan fingerprint density at radius 1 is 1.37 bits per heavy atom. The Morgan fingerprint density at radius 3 is 2.84 bits per heavy atom. The van der Waals surface area contributed by atoms with Crippen molar-refractivity contribution in [3.8, 4) is 0 Å². The fourth-order valence-electron chi connectivity index (χ4n) is 2.86. The first-order valence-electron chi connectivity index (χ1n) is 7.59. The second kappa shape index (κ2) is 6.04. The molecule has 0 aromatic carbocycles. The molecule has 2 N–H and O–H groups in total. The molecule has 19 heavy (non-hydrogen) atoms. The van der Waals surface area contributed by atoms with Crippen LogP contribution in [-0.4, -0.2) is 15.7 Å². The Hall–Kier alpha value is -0.900. The van der Waals surface area contributed by atoms with Crippen molar-refractivity contribution in [1.29, 1.82) is 0 Å². The molecule has 1 fully saturated rings. The molecule has 2 atom stereocenters. The normalized spacial score (nSPS) is 24.6. The van der Waals surface area contributed by atoms with Crippen molar-refractivity contribution in [2.75, 3.05) is 0 Å². The lowest BCUT2D eigenvalue weighted by atomic mass is 9.80. The molecule has 0 aliphatic heterocycles. The first-order valence-corrected chi connectivity index (χ1v) is 7.59. The zero-order valence-corrected chi connectivity index (χ0v) is 12.5. The van der Waals surface area contributed by atoms with Crippen molar-refractivity contribution in [3.63, 3.8) is 0 Å². The standard InChI is InChI=1S/C15H27N3O/c1-4-11-6-5-7-12(10-11)14-17-13(19-18-14)8-9-15(2,3)16/h11-12H,4-10,16H2,1-3H3. The van der Waals surface area contributed by atoms with E-state index in [9.17, 15) is 0 Å². The Bertz CT molecular complexity index is 394. The number of nitrogens with zero attached hydrogens (tertiary/aromatic N) is 2. The minimum absolute atomic E-state index is 0.174. The van der Waals surface area contributed by atoms with Gasteiger partial charge >= 0.3 is 0 Å². The number of hydrogen-bond acceptors (Lipinski definition) is 4. The van der Waals surface area contributed by atoms with Gasteiger partial charge in [0.25, 0.3) is 0 Å². The minimum atomic E-state index is -0.174. The summed E-state index contributed by atoms with van der Waals surface area (Å²) in [6.07, 6.45) is 8.00. The van der Waals surface area contributed by atoms with Crippen LogP contribution < -0.4 is 5.73 Å². The molecule has 2 unspecified atom stereocenters. The second-order valence-corrected chi connectivity index (χ2v) is 6.67. The third-order valence-electron chi connectivity index (χ3n) is 4.19. The zero-order chi connectivity index (χ0) is 13.9. The highest BCUT2D eigenvalue weighted by Gasteiger charge is 2.26. The maximum atomic E-state index is 5.98. The lowest BCUT2D eigenvalue weighted by molar-refractivity contribution is 0.297. The van der Waals surface area contributed by atoms with E-state index in [0.717, 1.165) is 30.5 Å². The number of aryl methyl sites for hydroxylation is 1. The average molecular weight is 265 g/mol. The molecule has 1 heterocycles. The Balaban J connectivity index is 1.93. The summed E-state index contributed by atoms with van der Waals surface area (Å²) in [7, 11) is 0. The van der Waals surface area contributed by atoms with Gasteiger partial charge in [-0.25, -0.2) is 0 Å². The Labute approximate surface area is 116 Å². The summed E-state index contributed by atoms with van der Waals surface area (Å²) in [5.74, 6) is 3.00. The van der Waals surface area contributed by atoms with Gasteiger partial charge in [-0.3, -0.25) is 0 Å². The molecule has 0 saturated heterocycles. The van der Waals surface area contributed by atoms with Crippen LogP contribution in [0, 0.1) is 5.92 Å². The first-order chi connectivity index (χ1) is 8.98. The minimum Gasteiger partial charge on any atom is -0.339 e. The van der Waals surface area contributed by atoms with E-state index in [2.05, 4.69) is 17.1 Å². The van der Waals surface area contributed by atoms with Gasteiger partial charge < -0.3 is 10.3 Å². The van der Waals surface area contributed by atoms with Crippen molar-refractivity contribution >= 4 is 0 Å². The molecule has 4 nitrogen and oxygen atoms in total. The van der Waals surface area contributed by atoms with E-state index in [4.69, 9.17) is 10.3 Å². The maximum absolute atomic E-state index is 5.98. The van der Waals surface area contributed by atoms with Crippen LogP contribution >= 0.6 is 0 Å². The average Bonchev–Trinajstić information content (AvgIpc) is 2.84. The van der Waals surface area contributed by atoms with E-state index in [1.165, 1.54) is 32.1 Å².